The van der Waals surface area contributed by atoms with Crippen molar-refractivity contribution in [2.75, 3.05) is 13.7 Å². The monoisotopic (exact) mass is 330 g/mol. The fraction of sp³-hybridized carbons (Fsp3) is 0.263. The maximum absolute atomic E-state index is 13.6. The SMILES string of the molecule is COc1ccc(C(=O)OCC(=O)c2c(C)cc(C)cc2C)cc1F. The highest BCUT2D eigenvalue weighted by Crippen LogP contribution is 2.19. The van der Waals surface area contributed by atoms with Crippen LogP contribution in [-0.4, -0.2) is 25.5 Å². The smallest absolute Gasteiger partial charge is 0.338 e. The summed E-state index contributed by atoms with van der Waals surface area (Å²) in [5, 5.41) is 0. The summed E-state index contributed by atoms with van der Waals surface area (Å²) >= 11 is 0. The molecule has 24 heavy (non-hydrogen) atoms. The van der Waals surface area contributed by atoms with Gasteiger partial charge in [-0.15, -0.1) is 0 Å². The molecule has 2 aromatic rings. The topological polar surface area (TPSA) is 52.6 Å². The number of ether oxygens (including phenoxy) is 2. The van der Waals surface area contributed by atoms with Gasteiger partial charge in [-0.2, -0.15) is 0 Å². The lowest BCUT2D eigenvalue weighted by Gasteiger charge is -2.11. The Bertz CT molecular complexity index is 773. The molecule has 0 heterocycles. The van der Waals surface area contributed by atoms with E-state index in [9.17, 15) is 14.0 Å². The molecule has 0 unspecified atom stereocenters. The van der Waals surface area contributed by atoms with Crippen LogP contribution in [0.3, 0.4) is 0 Å². The first-order valence-electron chi connectivity index (χ1n) is 7.45. The number of hydrogen-bond acceptors (Lipinski definition) is 4. The third-order valence-corrected chi connectivity index (χ3v) is 3.68. The molecule has 0 radical (unpaired) electrons. The number of aryl methyl sites for hydroxylation is 3. The van der Waals surface area contributed by atoms with Crippen molar-refractivity contribution in [3.8, 4) is 5.75 Å². The molecule has 0 amide bonds. The van der Waals surface area contributed by atoms with E-state index in [1.54, 1.807) is 0 Å². The number of carbonyl (C=O) groups is 2. The van der Waals surface area contributed by atoms with Gasteiger partial charge in [0.2, 0.25) is 5.78 Å². The lowest BCUT2D eigenvalue weighted by atomic mass is 9.97. The van der Waals surface area contributed by atoms with Crippen molar-refractivity contribution in [2.24, 2.45) is 0 Å². The van der Waals surface area contributed by atoms with Gasteiger partial charge in [0, 0.05) is 5.56 Å². The zero-order chi connectivity index (χ0) is 17.9. The Labute approximate surface area is 140 Å². The highest BCUT2D eigenvalue weighted by Gasteiger charge is 2.17. The summed E-state index contributed by atoms with van der Waals surface area (Å²) < 4.78 is 23.4. The van der Waals surface area contributed by atoms with Gasteiger partial charge in [0.15, 0.2) is 18.2 Å². The fourth-order valence-corrected chi connectivity index (χ4v) is 2.70. The van der Waals surface area contributed by atoms with Crippen LogP contribution in [0.1, 0.15) is 37.4 Å². The molecule has 0 atom stereocenters. The van der Waals surface area contributed by atoms with Crippen LogP contribution >= 0.6 is 0 Å². The van der Waals surface area contributed by atoms with Crippen molar-refractivity contribution < 1.29 is 23.5 Å². The molecule has 0 fully saturated rings. The predicted molar refractivity (Wildman–Crippen MR) is 88.2 cm³/mol. The van der Waals surface area contributed by atoms with E-state index >= 15 is 0 Å². The molecule has 5 heteroatoms. The summed E-state index contributed by atoms with van der Waals surface area (Å²) in [6.07, 6.45) is 0. The maximum atomic E-state index is 13.6. The molecule has 0 aliphatic heterocycles. The summed E-state index contributed by atoms with van der Waals surface area (Å²) in [4.78, 5) is 24.3. The van der Waals surface area contributed by atoms with Gasteiger partial charge in [0.05, 0.1) is 12.7 Å². The van der Waals surface area contributed by atoms with Gasteiger partial charge in [-0.1, -0.05) is 17.7 Å². The first-order valence-corrected chi connectivity index (χ1v) is 7.45. The van der Waals surface area contributed by atoms with Gasteiger partial charge in [-0.05, 0) is 50.1 Å². The first kappa shape index (κ1) is 17.7. The quantitative estimate of drug-likeness (QED) is 0.618. The molecule has 2 aromatic carbocycles. The van der Waals surface area contributed by atoms with Crippen LogP contribution in [0.2, 0.25) is 0 Å². The van der Waals surface area contributed by atoms with E-state index in [2.05, 4.69) is 0 Å². The van der Waals surface area contributed by atoms with Crippen LogP contribution in [0.4, 0.5) is 4.39 Å². The number of esters is 1. The predicted octanol–water partition coefficient (Wildman–Crippen LogP) is 3.80. The maximum Gasteiger partial charge on any atom is 0.338 e. The summed E-state index contributed by atoms with van der Waals surface area (Å²) in [5.41, 5.74) is 3.31. The molecule has 0 aliphatic rings. The van der Waals surface area contributed by atoms with Crippen LogP contribution in [0.5, 0.6) is 5.75 Å². The first-order chi connectivity index (χ1) is 11.3. The Morgan fingerprint density at radius 1 is 1.04 bits per heavy atom. The Morgan fingerprint density at radius 3 is 2.21 bits per heavy atom. The molecule has 0 saturated carbocycles. The summed E-state index contributed by atoms with van der Waals surface area (Å²) in [6.45, 7) is 5.24. The normalized spacial score (nSPS) is 10.4. The van der Waals surface area contributed by atoms with Crippen LogP contribution in [0.25, 0.3) is 0 Å². The van der Waals surface area contributed by atoms with Gasteiger partial charge in [-0.25, -0.2) is 9.18 Å². The molecular formula is C19H19FO4. The van der Waals surface area contributed by atoms with E-state index in [0.717, 1.165) is 22.8 Å². The van der Waals surface area contributed by atoms with E-state index < -0.39 is 18.4 Å². The van der Waals surface area contributed by atoms with Crippen LogP contribution in [0, 0.1) is 26.6 Å². The molecule has 0 spiro atoms. The largest absolute Gasteiger partial charge is 0.494 e. The fourth-order valence-electron chi connectivity index (χ4n) is 2.70. The Hall–Kier alpha value is -2.69. The zero-order valence-electron chi connectivity index (χ0n) is 14.1. The number of hydrogen-bond donors (Lipinski definition) is 0. The number of carbonyl (C=O) groups excluding carboxylic acids is 2. The molecule has 4 nitrogen and oxygen atoms in total. The van der Waals surface area contributed by atoms with Gasteiger partial charge in [0.25, 0.3) is 0 Å². The van der Waals surface area contributed by atoms with Gasteiger partial charge < -0.3 is 9.47 Å². The zero-order valence-corrected chi connectivity index (χ0v) is 14.1. The van der Waals surface area contributed by atoms with Crippen molar-refractivity contribution in [2.45, 2.75) is 20.8 Å². The Kier molecular flexibility index (Phi) is 5.34. The van der Waals surface area contributed by atoms with E-state index in [4.69, 9.17) is 9.47 Å². The molecule has 2 rings (SSSR count). The summed E-state index contributed by atoms with van der Waals surface area (Å²) in [5.74, 6) is -1.67. The van der Waals surface area contributed by atoms with Crippen molar-refractivity contribution >= 4 is 11.8 Å². The number of halogens is 1. The molecule has 0 saturated heterocycles. The summed E-state index contributed by atoms with van der Waals surface area (Å²) in [7, 11) is 1.33. The second-order valence-corrected chi connectivity index (χ2v) is 5.62. The Balaban J connectivity index is 2.09. The number of benzene rings is 2. The molecule has 0 N–H and O–H groups in total. The summed E-state index contributed by atoms with van der Waals surface area (Å²) in [6, 6.07) is 7.55. The van der Waals surface area contributed by atoms with E-state index in [0.29, 0.717) is 5.56 Å². The number of rotatable bonds is 5. The van der Waals surface area contributed by atoms with Gasteiger partial charge >= 0.3 is 5.97 Å². The van der Waals surface area contributed by atoms with E-state index in [-0.39, 0.29) is 17.1 Å². The number of Topliss-reactive ketones (excluding diaryl/α,β-unsaturated/α-hetero) is 1. The minimum Gasteiger partial charge on any atom is -0.494 e. The highest BCUT2D eigenvalue weighted by atomic mass is 19.1. The second kappa shape index (κ2) is 7.25. The van der Waals surface area contributed by atoms with Crippen molar-refractivity contribution in [3.05, 3.63) is 64.0 Å². The van der Waals surface area contributed by atoms with Crippen LogP contribution in [-0.2, 0) is 4.74 Å². The van der Waals surface area contributed by atoms with Crippen LogP contribution in [0.15, 0.2) is 30.3 Å². The number of methoxy groups -OCH3 is 1. The minimum absolute atomic E-state index is 0.0263. The number of ketones is 1. The van der Waals surface area contributed by atoms with Crippen molar-refractivity contribution in [3.63, 3.8) is 0 Å². The molecule has 0 aromatic heterocycles. The Morgan fingerprint density at radius 2 is 1.67 bits per heavy atom. The van der Waals surface area contributed by atoms with Gasteiger partial charge in [0.1, 0.15) is 0 Å². The molecular weight excluding hydrogens is 311 g/mol. The molecule has 0 bridgehead atoms. The van der Waals surface area contributed by atoms with Crippen LogP contribution < -0.4 is 4.74 Å². The average molecular weight is 330 g/mol. The molecule has 0 aliphatic carbocycles. The van der Waals surface area contributed by atoms with E-state index in [1.807, 2.05) is 32.9 Å². The van der Waals surface area contributed by atoms with Crippen molar-refractivity contribution in [1.82, 2.24) is 0 Å². The second-order valence-electron chi connectivity index (χ2n) is 5.62. The van der Waals surface area contributed by atoms with Crippen molar-refractivity contribution in [1.29, 1.82) is 0 Å². The highest BCUT2D eigenvalue weighted by molar-refractivity contribution is 6.01. The van der Waals surface area contributed by atoms with E-state index in [1.165, 1.54) is 19.2 Å². The molecule has 126 valence electrons. The standard InChI is InChI=1S/C19H19FO4/c1-11-7-12(2)18(13(3)8-11)16(21)10-24-19(22)14-5-6-17(23-4)15(20)9-14/h5-9H,10H2,1-4H3. The third-order valence-electron chi connectivity index (χ3n) is 3.68. The lowest BCUT2D eigenvalue weighted by Crippen LogP contribution is -2.16. The minimum atomic E-state index is -0.757. The average Bonchev–Trinajstić information content (AvgIpc) is 2.51. The third kappa shape index (κ3) is 3.79. The lowest BCUT2D eigenvalue weighted by molar-refractivity contribution is 0.0474. The van der Waals surface area contributed by atoms with Gasteiger partial charge in [-0.3, -0.25) is 4.79 Å².